The molecular weight excluding hydrogens is 276 g/mol. The van der Waals surface area contributed by atoms with E-state index in [1.54, 1.807) is 0 Å². The van der Waals surface area contributed by atoms with E-state index < -0.39 is 0 Å². The zero-order valence-electron chi connectivity index (χ0n) is 14.2. The molecule has 0 bridgehead atoms. The molecule has 2 aromatic heterocycles. The van der Waals surface area contributed by atoms with Crippen LogP contribution < -0.4 is 5.32 Å². The summed E-state index contributed by atoms with van der Waals surface area (Å²) in [7, 11) is 0. The Morgan fingerprint density at radius 2 is 2.09 bits per heavy atom. The first-order chi connectivity index (χ1) is 10.3. The fourth-order valence-corrected chi connectivity index (χ4v) is 2.95. The van der Waals surface area contributed by atoms with E-state index >= 15 is 0 Å². The van der Waals surface area contributed by atoms with Gasteiger partial charge in [0.25, 0.3) is 6.01 Å². The highest BCUT2D eigenvalue weighted by atomic mass is 16.4. The van der Waals surface area contributed by atoms with Gasteiger partial charge < -0.3 is 9.73 Å². The number of aromatic nitrogens is 3. The molecule has 0 radical (unpaired) electrons. The molecule has 0 aliphatic heterocycles. The number of oxazole rings is 1. The lowest BCUT2D eigenvalue weighted by Gasteiger charge is -2.24. The summed E-state index contributed by atoms with van der Waals surface area (Å²) in [6, 6.07) is 1.39. The Labute approximate surface area is 132 Å². The molecule has 3 rings (SSSR count). The largest absolute Gasteiger partial charge is 0.428 e. The van der Waals surface area contributed by atoms with Crippen molar-refractivity contribution < 1.29 is 4.42 Å². The Bertz CT molecular complexity index is 648. The number of hydrogen-bond acceptors (Lipinski definition) is 4. The van der Waals surface area contributed by atoms with E-state index in [-0.39, 0.29) is 5.41 Å². The minimum Gasteiger partial charge on any atom is -0.428 e. The average Bonchev–Trinajstić information content (AvgIpc) is 3.04. The summed E-state index contributed by atoms with van der Waals surface area (Å²) in [6.07, 6.45) is 6.97. The second-order valence-corrected chi connectivity index (χ2v) is 7.52. The molecule has 2 heterocycles. The minimum absolute atomic E-state index is 0.0110. The van der Waals surface area contributed by atoms with Gasteiger partial charge in [-0.2, -0.15) is 5.10 Å². The van der Waals surface area contributed by atoms with Crippen molar-refractivity contribution in [2.24, 2.45) is 0 Å². The fraction of sp³-hybridized carbons (Fsp3) is 0.647. The van der Waals surface area contributed by atoms with E-state index in [4.69, 9.17) is 4.42 Å². The maximum atomic E-state index is 5.85. The minimum atomic E-state index is -0.0110. The van der Waals surface area contributed by atoms with Crippen LogP contribution in [0.15, 0.2) is 16.8 Å². The van der Waals surface area contributed by atoms with Gasteiger partial charge in [0.05, 0.1) is 12.4 Å². The van der Waals surface area contributed by atoms with Crippen LogP contribution in [0.4, 0.5) is 6.01 Å². The molecule has 5 nitrogen and oxygen atoms in total. The van der Waals surface area contributed by atoms with Crippen LogP contribution in [0, 0.1) is 0 Å². The maximum Gasteiger partial charge on any atom is 0.294 e. The zero-order valence-corrected chi connectivity index (χ0v) is 14.2. The molecule has 0 saturated carbocycles. The molecule has 22 heavy (non-hydrogen) atoms. The molecule has 0 spiro atoms. The first-order valence-electron chi connectivity index (χ1n) is 8.12. The predicted octanol–water partition coefficient (Wildman–Crippen LogP) is 3.72. The van der Waals surface area contributed by atoms with Gasteiger partial charge in [-0.1, -0.05) is 20.8 Å². The summed E-state index contributed by atoms with van der Waals surface area (Å²) >= 11 is 0. The predicted molar refractivity (Wildman–Crippen MR) is 87.3 cm³/mol. The van der Waals surface area contributed by atoms with Crippen LogP contribution in [0.3, 0.4) is 0 Å². The number of rotatable bonds is 3. The van der Waals surface area contributed by atoms with Gasteiger partial charge in [0.2, 0.25) is 0 Å². The third-order valence-corrected chi connectivity index (χ3v) is 4.25. The SMILES string of the molecule is CC(C)n1ncc2c1CC(Nc1ncc(C(C)(C)C)o1)CC2. The quantitative estimate of drug-likeness (QED) is 0.939. The van der Waals surface area contributed by atoms with Crippen molar-refractivity contribution in [3.8, 4) is 0 Å². The van der Waals surface area contributed by atoms with E-state index in [2.05, 4.69) is 54.7 Å². The number of hydrogen-bond donors (Lipinski definition) is 1. The van der Waals surface area contributed by atoms with Crippen LogP contribution >= 0.6 is 0 Å². The first-order valence-corrected chi connectivity index (χ1v) is 8.12. The number of aryl methyl sites for hydroxylation is 1. The third-order valence-electron chi connectivity index (χ3n) is 4.25. The second kappa shape index (κ2) is 5.45. The Balaban J connectivity index is 1.72. The van der Waals surface area contributed by atoms with Crippen molar-refractivity contribution in [2.45, 2.75) is 71.4 Å². The number of nitrogens with zero attached hydrogens (tertiary/aromatic N) is 3. The molecule has 1 aliphatic rings. The molecule has 0 amide bonds. The third kappa shape index (κ3) is 2.89. The summed E-state index contributed by atoms with van der Waals surface area (Å²) in [5.74, 6) is 0.915. The molecule has 120 valence electrons. The summed E-state index contributed by atoms with van der Waals surface area (Å²) in [6.45, 7) is 10.7. The summed E-state index contributed by atoms with van der Waals surface area (Å²) in [5.41, 5.74) is 2.72. The van der Waals surface area contributed by atoms with E-state index in [0.29, 0.717) is 18.1 Å². The van der Waals surface area contributed by atoms with Crippen LogP contribution in [0.2, 0.25) is 0 Å². The van der Waals surface area contributed by atoms with E-state index in [1.807, 2.05) is 12.4 Å². The highest BCUT2D eigenvalue weighted by molar-refractivity contribution is 5.30. The Morgan fingerprint density at radius 1 is 1.32 bits per heavy atom. The molecule has 0 fully saturated rings. The lowest BCUT2D eigenvalue weighted by Crippen LogP contribution is -2.29. The average molecular weight is 302 g/mol. The van der Waals surface area contributed by atoms with E-state index in [1.165, 1.54) is 11.3 Å². The van der Waals surface area contributed by atoms with Gasteiger partial charge in [0, 0.05) is 29.6 Å². The monoisotopic (exact) mass is 302 g/mol. The maximum absolute atomic E-state index is 5.85. The molecule has 1 aliphatic carbocycles. The first kappa shape index (κ1) is 15.1. The Morgan fingerprint density at radius 3 is 2.73 bits per heavy atom. The van der Waals surface area contributed by atoms with Gasteiger partial charge in [-0.15, -0.1) is 0 Å². The fourth-order valence-electron chi connectivity index (χ4n) is 2.95. The molecule has 5 heteroatoms. The smallest absolute Gasteiger partial charge is 0.294 e. The lowest BCUT2D eigenvalue weighted by molar-refractivity contribution is 0.410. The molecule has 2 aromatic rings. The molecule has 0 saturated heterocycles. The van der Waals surface area contributed by atoms with Crippen LogP contribution in [-0.4, -0.2) is 20.8 Å². The zero-order chi connectivity index (χ0) is 15.9. The van der Waals surface area contributed by atoms with Crippen LogP contribution in [-0.2, 0) is 18.3 Å². The Kier molecular flexibility index (Phi) is 3.75. The van der Waals surface area contributed by atoms with Crippen molar-refractivity contribution in [1.29, 1.82) is 0 Å². The summed E-state index contributed by atoms with van der Waals surface area (Å²) < 4.78 is 7.99. The Hall–Kier alpha value is -1.78. The highest BCUT2D eigenvalue weighted by Gasteiger charge is 2.25. The molecule has 1 N–H and O–H groups in total. The number of anilines is 1. The van der Waals surface area contributed by atoms with Crippen molar-refractivity contribution in [1.82, 2.24) is 14.8 Å². The number of nitrogens with one attached hydrogen (secondary N) is 1. The van der Waals surface area contributed by atoms with E-state index in [9.17, 15) is 0 Å². The van der Waals surface area contributed by atoms with Gasteiger partial charge in [0.1, 0.15) is 5.76 Å². The van der Waals surface area contributed by atoms with Crippen LogP contribution in [0.1, 0.15) is 64.1 Å². The van der Waals surface area contributed by atoms with Crippen LogP contribution in [0.25, 0.3) is 0 Å². The summed E-state index contributed by atoms with van der Waals surface area (Å²) in [4.78, 5) is 4.38. The van der Waals surface area contributed by atoms with Crippen LogP contribution in [0.5, 0.6) is 0 Å². The topological polar surface area (TPSA) is 55.9 Å². The molecular formula is C17H26N4O. The standard InChI is InChI=1S/C17H26N4O/c1-11(2)21-14-8-13(7-6-12(14)9-19-21)20-16-18-10-15(22-16)17(3,4)5/h9-11,13H,6-8H2,1-5H3,(H,18,20). The van der Waals surface area contributed by atoms with Crippen molar-refractivity contribution in [2.75, 3.05) is 5.32 Å². The van der Waals surface area contributed by atoms with Gasteiger partial charge >= 0.3 is 0 Å². The van der Waals surface area contributed by atoms with Crippen molar-refractivity contribution in [3.63, 3.8) is 0 Å². The van der Waals surface area contributed by atoms with Gasteiger partial charge in [-0.05, 0) is 32.3 Å². The van der Waals surface area contributed by atoms with Crippen molar-refractivity contribution >= 4 is 6.01 Å². The molecule has 1 unspecified atom stereocenters. The van der Waals surface area contributed by atoms with Gasteiger partial charge in [-0.3, -0.25) is 4.68 Å². The lowest BCUT2D eigenvalue weighted by atomic mass is 9.93. The normalized spacial score (nSPS) is 18.5. The highest BCUT2D eigenvalue weighted by Crippen LogP contribution is 2.28. The second-order valence-electron chi connectivity index (χ2n) is 7.52. The van der Waals surface area contributed by atoms with Gasteiger partial charge in [-0.25, -0.2) is 4.98 Å². The molecule has 0 aromatic carbocycles. The molecule has 1 atom stereocenters. The van der Waals surface area contributed by atoms with Gasteiger partial charge in [0.15, 0.2) is 0 Å². The van der Waals surface area contributed by atoms with E-state index in [0.717, 1.165) is 25.0 Å². The van der Waals surface area contributed by atoms with Crippen molar-refractivity contribution in [3.05, 3.63) is 29.4 Å². The summed E-state index contributed by atoms with van der Waals surface area (Å²) in [5, 5.41) is 7.98. The number of fused-ring (bicyclic) bond motifs is 1.